The van der Waals surface area contributed by atoms with E-state index in [1.807, 2.05) is 37.5 Å². The van der Waals surface area contributed by atoms with Crippen molar-refractivity contribution >= 4 is 27.5 Å². The van der Waals surface area contributed by atoms with Crippen molar-refractivity contribution in [3.63, 3.8) is 0 Å². The highest BCUT2D eigenvalue weighted by atomic mass is 16.1. The molecule has 0 radical (unpaired) electrons. The van der Waals surface area contributed by atoms with Crippen molar-refractivity contribution in [1.82, 2.24) is 9.55 Å². The van der Waals surface area contributed by atoms with Crippen LogP contribution in [0.4, 0.5) is 0 Å². The van der Waals surface area contributed by atoms with Crippen LogP contribution in [0.3, 0.4) is 0 Å². The molecular formula is C20H16N2O. The Kier molecular flexibility index (Phi) is 3.01. The van der Waals surface area contributed by atoms with E-state index in [-0.39, 0.29) is 5.78 Å². The van der Waals surface area contributed by atoms with E-state index < -0.39 is 0 Å². The number of aromatic nitrogens is 2. The van der Waals surface area contributed by atoms with Gasteiger partial charge in [0, 0.05) is 42.0 Å². The number of rotatable bonds is 2. The highest BCUT2D eigenvalue weighted by Crippen LogP contribution is 2.30. The molecule has 0 bridgehead atoms. The normalized spacial score (nSPS) is 11.2. The highest BCUT2D eigenvalue weighted by molar-refractivity contribution is 6.02. The van der Waals surface area contributed by atoms with Crippen LogP contribution in [-0.2, 0) is 7.05 Å². The Morgan fingerprint density at radius 2 is 1.83 bits per heavy atom. The van der Waals surface area contributed by atoms with E-state index in [0.29, 0.717) is 5.69 Å². The van der Waals surface area contributed by atoms with Gasteiger partial charge in [-0.25, -0.2) is 4.98 Å². The molecule has 0 aliphatic carbocycles. The van der Waals surface area contributed by atoms with Crippen molar-refractivity contribution in [1.29, 1.82) is 0 Å². The third-order valence-corrected chi connectivity index (χ3v) is 4.26. The van der Waals surface area contributed by atoms with Crippen LogP contribution in [0.1, 0.15) is 17.4 Å². The smallest absolute Gasteiger partial charge is 0.178 e. The van der Waals surface area contributed by atoms with Gasteiger partial charge in [-0.15, -0.1) is 0 Å². The van der Waals surface area contributed by atoms with E-state index >= 15 is 0 Å². The quantitative estimate of drug-likeness (QED) is 0.507. The van der Waals surface area contributed by atoms with Crippen LogP contribution in [0.25, 0.3) is 32.9 Å². The second kappa shape index (κ2) is 5.06. The minimum absolute atomic E-state index is 0.0159. The summed E-state index contributed by atoms with van der Waals surface area (Å²) < 4.78 is 2.09. The number of hydrogen-bond acceptors (Lipinski definition) is 2. The molecule has 0 N–H and O–H groups in total. The van der Waals surface area contributed by atoms with E-state index in [1.165, 1.54) is 10.9 Å². The van der Waals surface area contributed by atoms with Crippen molar-refractivity contribution in [2.45, 2.75) is 6.92 Å². The molecular weight excluding hydrogens is 284 g/mol. The molecule has 0 aliphatic heterocycles. The van der Waals surface area contributed by atoms with Gasteiger partial charge < -0.3 is 4.57 Å². The average Bonchev–Trinajstić information content (AvgIpc) is 2.94. The van der Waals surface area contributed by atoms with Crippen LogP contribution in [0.2, 0.25) is 0 Å². The average molecular weight is 300 g/mol. The zero-order valence-corrected chi connectivity index (χ0v) is 13.1. The summed E-state index contributed by atoms with van der Waals surface area (Å²) in [5, 5.41) is 3.27. The van der Waals surface area contributed by atoms with Gasteiger partial charge in [0.1, 0.15) is 5.69 Å². The molecule has 4 rings (SSSR count). The molecule has 0 spiro atoms. The first-order valence-electron chi connectivity index (χ1n) is 7.60. The molecule has 2 aromatic carbocycles. The van der Waals surface area contributed by atoms with Crippen LogP contribution >= 0.6 is 0 Å². The number of hydrogen-bond donors (Lipinski definition) is 0. The Bertz CT molecular complexity index is 1060. The number of ketones is 1. The molecule has 0 amide bonds. The van der Waals surface area contributed by atoms with Crippen molar-refractivity contribution in [2.75, 3.05) is 0 Å². The number of fused-ring (bicyclic) bond motifs is 2. The number of carbonyl (C=O) groups excluding carboxylic acids is 1. The topological polar surface area (TPSA) is 34.9 Å². The Morgan fingerprint density at radius 1 is 1.00 bits per heavy atom. The van der Waals surface area contributed by atoms with Gasteiger partial charge >= 0.3 is 0 Å². The summed E-state index contributed by atoms with van der Waals surface area (Å²) in [6, 6.07) is 18.3. The molecule has 0 unspecified atom stereocenters. The fraction of sp³-hybridized carbons (Fsp3) is 0.100. The minimum Gasteiger partial charge on any atom is -0.351 e. The maximum Gasteiger partial charge on any atom is 0.178 e. The zero-order chi connectivity index (χ0) is 16.0. The standard InChI is InChI=1S/C20H16N2O/c1-13(23)18-12-14-5-3-4-6-17(14)20(21-18)16-7-8-19-15(11-16)9-10-22(19)2/h3-12H,1-2H3. The molecule has 0 saturated heterocycles. The number of benzene rings is 2. The Balaban J connectivity index is 2.03. The first kappa shape index (κ1) is 13.7. The molecule has 3 heteroatoms. The van der Waals surface area contributed by atoms with Gasteiger partial charge in [-0.05, 0) is 29.7 Å². The fourth-order valence-electron chi connectivity index (χ4n) is 3.03. The number of nitrogens with zero attached hydrogens (tertiary/aromatic N) is 2. The maximum atomic E-state index is 11.8. The van der Waals surface area contributed by atoms with Crippen LogP contribution in [0.5, 0.6) is 0 Å². The molecule has 0 aliphatic rings. The molecule has 23 heavy (non-hydrogen) atoms. The summed E-state index contributed by atoms with van der Waals surface area (Å²) >= 11 is 0. The van der Waals surface area contributed by atoms with Gasteiger partial charge in [0.2, 0.25) is 0 Å². The SMILES string of the molecule is CC(=O)c1cc2ccccc2c(-c2ccc3c(ccn3C)c2)n1. The minimum atomic E-state index is -0.0159. The molecule has 112 valence electrons. The highest BCUT2D eigenvalue weighted by Gasteiger charge is 2.11. The van der Waals surface area contributed by atoms with E-state index in [9.17, 15) is 4.79 Å². The van der Waals surface area contributed by atoms with Gasteiger partial charge in [0.05, 0.1) is 5.69 Å². The molecule has 0 atom stereocenters. The predicted octanol–water partition coefficient (Wildman–Crippen LogP) is 4.60. The monoisotopic (exact) mass is 300 g/mol. The first-order chi connectivity index (χ1) is 11.1. The van der Waals surface area contributed by atoms with Crippen molar-refractivity contribution in [3.05, 3.63) is 66.5 Å². The van der Waals surface area contributed by atoms with Crippen LogP contribution < -0.4 is 0 Å². The van der Waals surface area contributed by atoms with Crippen molar-refractivity contribution < 1.29 is 4.79 Å². The third kappa shape index (κ3) is 2.21. The van der Waals surface area contributed by atoms with Crippen LogP contribution in [-0.4, -0.2) is 15.3 Å². The van der Waals surface area contributed by atoms with Gasteiger partial charge in [0.25, 0.3) is 0 Å². The number of carbonyl (C=O) groups is 1. The Morgan fingerprint density at radius 3 is 2.65 bits per heavy atom. The van der Waals surface area contributed by atoms with Gasteiger partial charge in [0.15, 0.2) is 5.78 Å². The van der Waals surface area contributed by atoms with E-state index in [4.69, 9.17) is 0 Å². The predicted molar refractivity (Wildman–Crippen MR) is 93.7 cm³/mol. The summed E-state index contributed by atoms with van der Waals surface area (Å²) in [7, 11) is 2.03. The number of pyridine rings is 1. The third-order valence-electron chi connectivity index (χ3n) is 4.26. The lowest BCUT2D eigenvalue weighted by Crippen LogP contribution is -1.99. The molecule has 2 heterocycles. The number of Topliss-reactive ketones (excluding diaryl/α,β-unsaturated/α-hetero) is 1. The number of aryl methyl sites for hydroxylation is 1. The lowest BCUT2D eigenvalue weighted by Gasteiger charge is -2.09. The van der Waals surface area contributed by atoms with Gasteiger partial charge in [-0.3, -0.25) is 4.79 Å². The van der Waals surface area contributed by atoms with E-state index in [1.54, 1.807) is 6.92 Å². The summed E-state index contributed by atoms with van der Waals surface area (Å²) in [6.07, 6.45) is 2.05. The summed E-state index contributed by atoms with van der Waals surface area (Å²) in [5.74, 6) is -0.0159. The fourth-order valence-corrected chi connectivity index (χ4v) is 3.03. The van der Waals surface area contributed by atoms with Crippen molar-refractivity contribution in [3.8, 4) is 11.3 Å². The maximum absolute atomic E-state index is 11.8. The largest absolute Gasteiger partial charge is 0.351 e. The Hall–Kier alpha value is -2.94. The summed E-state index contributed by atoms with van der Waals surface area (Å²) in [6.45, 7) is 1.56. The second-order valence-corrected chi connectivity index (χ2v) is 5.83. The van der Waals surface area contributed by atoms with E-state index in [2.05, 4.69) is 39.9 Å². The Labute approximate surface area is 134 Å². The lowest BCUT2D eigenvalue weighted by atomic mass is 10.0. The van der Waals surface area contributed by atoms with Gasteiger partial charge in [-0.2, -0.15) is 0 Å². The molecule has 4 aromatic rings. The first-order valence-corrected chi connectivity index (χ1v) is 7.60. The van der Waals surface area contributed by atoms with Crippen LogP contribution in [0.15, 0.2) is 60.8 Å². The second-order valence-electron chi connectivity index (χ2n) is 5.83. The van der Waals surface area contributed by atoms with Gasteiger partial charge in [-0.1, -0.05) is 30.3 Å². The zero-order valence-electron chi connectivity index (χ0n) is 13.1. The van der Waals surface area contributed by atoms with Crippen LogP contribution in [0, 0.1) is 0 Å². The molecule has 0 fully saturated rings. The molecule has 0 saturated carbocycles. The van der Waals surface area contributed by atoms with Crippen molar-refractivity contribution in [2.24, 2.45) is 7.05 Å². The molecule has 2 aromatic heterocycles. The molecule has 3 nitrogen and oxygen atoms in total. The summed E-state index contributed by atoms with van der Waals surface area (Å²) in [4.78, 5) is 16.5. The summed E-state index contributed by atoms with van der Waals surface area (Å²) in [5.41, 5.74) is 3.58. The lowest BCUT2D eigenvalue weighted by molar-refractivity contribution is 0.101. The van der Waals surface area contributed by atoms with E-state index in [0.717, 1.165) is 22.0 Å².